The van der Waals surface area contributed by atoms with E-state index in [9.17, 15) is 9.90 Å². The fourth-order valence-corrected chi connectivity index (χ4v) is 3.32. The summed E-state index contributed by atoms with van der Waals surface area (Å²) >= 11 is 1.62. The lowest BCUT2D eigenvalue weighted by molar-refractivity contribution is 0.0664. The van der Waals surface area contributed by atoms with Crippen LogP contribution in [0.5, 0.6) is 0 Å². The number of fused-ring (bicyclic) bond motifs is 1. The third-order valence-corrected chi connectivity index (χ3v) is 4.29. The number of para-hydroxylation sites is 1. The third kappa shape index (κ3) is 2.81. The van der Waals surface area contributed by atoms with Crippen LogP contribution in [0.4, 0.5) is 0 Å². The summed E-state index contributed by atoms with van der Waals surface area (Å²) in [5, 5.41) is 10.2. The maximum Gasteiger partial charge on any atom is 0.372 e. The monoisotopic (exact) mass is 298 g/mol. The Hall–Kier alpha value is -2.20. The Labute approximate surface area is 126 Å². The van der Waals surface area contributed by atoms with Gasteiger partial charge in [0.1, 0.15) is 5.58 Å². The molecule has 0 radical (unpaired) electrons. The van der Waals surface area contributed by atoms with Crippen molar-refractivity contribution in [3.63, 3.8) is 0 Å². The Balaban J connectivity index is 1.95. The molecule has 0 atom stereocenters. The van der Waals surface area contributed by atoms with Crippen LogP contribution in [0.25, 0.3) is 11.0 Å². The van der Waals surface area contributed by atoms with Gasteiger partial charge in [0.2, 0.25) is 5.76 Å². The number of thioether (sulfide) groups is 1. The van der Waals surface area contributed by atoms with Crippen LogP contribution in [0, 0.1) is 6.92 Å². The molecule has 106 valence electrons. The smallest absolute Gasteiger partial charge is 0.372 e. The fourth-order valence-electron chi connectivity index (χ4n) is 2.28. The van der Waals surface area contributed by atoms with E-state index >= 15 is 0 Å². The van der Waals surface area contributed by atoms with E-state index in [0.29, 0.717) is 11.3 Å². The van der Waals surface area contributed by atoms with E-state index < -0.39 is 5.97 Å². The average molecular weight is 298 g/mol. The van der Waals surface area contributed by atoms with Gasteiger partial charge in [0.15, 0.2) is 0 Å². The second-order valence-corrected chi connectivity index (χ2v) is 5.86. The Bertz CT molecular complexity index is 805. The maximum atomic E-state index is 11.4. The van der Waals surface area contributed by atoms with Crippen molar-refractivity contribution in [3.8, 4) is 0 Å². The second-order valence-electron chi connectivity index (χ2n) is 4.82. The van der Waals surface area contributed by atoms with Gasteiger partial charge in [-0.15, -0.1) is 11.8 Å². The van der Waals surface area contributed by atoms with Crippen molar-refractivity contribution in [2.45, 2.75) is 17.6 Å². The Morgan fingerprint density at radius 3 is 2.76 bits per heavy atom. The lowest BCUT2D eigenvalue weighted by Gasteiger charge is -2.03. The standard InChI is InChI=1S/C17H14O3S/c1-11-5-4-6-12(9-11)21-10-14-13-7-2-3-8-15(13)20-16(14)17(18)19/h2-9H,10H2,1H3,(H,18,19). The number of hydrogen-bond donors (Lipinski definition) is 1. The maximum absolute atomic E-state index is 11.4. The van der Waals surface area contributed by atoms with Gasteiger partial charge in [-0.3, -0.25) is 0 Å². The van der Waals surface area contributed by atoms with E-state index in [0.717, 1.165) is 15.8 Å². The average Bonchev–Trinajstić information content (AvgIpc) is 2.84. The summed E-state index contributed by atoms with van der Waals surface area (Å²) in [5.74, 6) is -0.412. The summed E-state index contributed by atoms with van der Waals surface area (Å²) in [7, 11) is 0. The number of hydrogen-bond acceptors (Lipinski definition) is 3. The van der Waals surface area contributed by atoms with Gasteiger partial charge in [-0.05, 0) is 25.1 Å². The third-order valence-electron chi connectivity index (χ3n) is 3.27. The molecule has 0 aliphatic heterocycles. The van der Waals surface area contributed by atoms with Crippen LogP contribution in [0.2, 0.25) is 0 Å². The van der Waals surface area contributed by atoms with Gasteiger partial charge >= 0.3 is 5.97 Å². The molecule has 3 nitrogen and oxygen atoms in total. The molecule has 0 saturated heterocycles. The van der Waals surface area contributed by atoms with Crippen molar-refractivity contribution >= 4 is 28.7 Å². The summed E-state index contributed by atoms with van der Waals surface area (Å²) in [5.41, 5.74) is 2.55. The molecule has 1 heterocycles. The first-order chi connectivity index (χ1) is 10.1. The zero-order valence-electron chi connectivity index (χ0n) is 11.5. The minimum absolute atomic E-state index is 0.0383. The van der Waals surface area contributed by atoms with Gasteiger partial charge < -0.3 is 9.52 Å². The van der Waals surface area contributed by atoms with E-state index in [1.165, 1.54) is 5.56 Å². The van der Waals surface area contributed by atoms with Crippen molar-refractivity contribution in [2.24, 2.45) is 0 Å². The highest BCUT2D eigenvalue weighted by Gasteiger charge is 2.19. The lowest BCUT2D eigenvalue weighted by atomic mass is 10.1. The molecule has 0 bridgehead atoms. The first kappa shape index (κ1) is 13.8. The Morgan fingerprint density at radius 2 is 2.00 bits per heavy atom. The zero-order chi connectivity index (χ0) is 14.8. The van der Waals surface area contributed by atoms with Crippen LogP contribution in [0.3, 0.4) is 0 Å². The van der Waals surface area contributed by atoms with Crippen molar-refractivity contribution in [2.75, 3.05) is 0 Å². The first-order valence-corrected chi connectivity index (χ1v) is 7.57. The largest absolute Gasteiger partial charge is 0.475 e. The van der Waals surface area contributed by atoms with Crippen molar-refractivity contribution in [1.82, 2.24) is 0 Å². The molecule has 2 aromatic carbocycles. The van der Waals surface area contributed by atoms with E-state index in [-0.39, 0.29) is 5.76 Å². The van der Waals surface area contributed by atoms with Gasteiger partial charge in [0.25, 0.3) is 0 Å². The molecule has 21 heavy (non-hydrogen) atoms. The quantitative estimate of drug-likeness (QED) is 0.707. The minimum Gasteiger partial charge on any atom is -0.475 e. The molecule has 0 fully saturated rings. The summed E-state index contributed by atoms with van der Waals surface area (Å²) in [4.78, 5) is 12.5. The van der Waals surface area contributed by atoms with Gasteiger partial charge in [0.05, 0.1) is 0 Å². The van der Waals surface area contributed by atoms with E-state index in [1.54, 1.807) is 17.8 Å². The van der Waals surface area contributed by atoms with Crippen LogP contribution in [-0.4, -0.2) is 11.1 Å². The molecule has 1 N–H and O–H groups in total. The number of benzene rings is 2. The van der Waals surface area contributed by atoms with E-state index in [2.05, 4.69) is 6.07 Å². The molecule has 0 amide bonds. The molecule has 3 rings (SSSR count). The number of carboxylic acid groups (broad SMARTS) is 1. The molecule has 4 heteroatoms. The van der Waals surface area contributed by atoms with E-state index in [1.807, 2.05) is 43.3 Å². The predicted octanol–water partition coefficient (Wildman–Crippen LogP) is 4.73. The molecule has 0 aliphatic carbocycles. The Morgan fingerprint density at radius 1 is 1.19 bits per heavy atom. The first-order valence-electron chi connectivity index (χ1n) is 6.58. The lowest BCUT2D eigenvalue weighted by Crippen LogP contribution is -1.97. The number of rotatable bonds is 4. The SMILES string of the molecule is Cc1cccc(SCc2c(C(=O)O)oc3ccccc23)c1. The zero-order valence-corrected chi connectivity index (χ0v) is 12.3. The van der Waals surface area contributed by atoms with Gasteiger partial charge in [-0.25, -0.2) is 4.79 Å². The molecular weight excluding hydrogens is 284 g/mol. The Kier molecular flexibility index (Phi) is 3.71. The molecule has 0 aliphatic rings. The minimum atomic E-state index is -1.02. The van der Waals surface area contributed by atoms with Crippen LogP contribution < -0.4 is 0 Å². The van der Waals surface area contributed by atoms with Crippen LogP contribution in [-0.2, 0) is 5.75 Å². The number of carbonyl (C=O) groups is 1. The molecule has 0 spiro atoms. The number of aromatic carboxylic acids is 1. The highest BCUT2D eigenvalue weighted by molar-refractivity contribution is 7.98. The summed E-state index contributed by atoms with van der Waals surface area (Å²) < 4.78 is 5.46. The van der Waals surface area contributed by atoms with E-state index in [4.69, 9.17) is 4.42 Å². The normalized spacial score (nSPS) is 10.9. The molecule has 0 unspecified atom stereocenters. The van der Waals surface area contributed by atoms with Crippen molar-refractivity contribution < 1.29 is 14.3 Å². The van der Waals surface area contributed by atoms with Gasteiger partial charge in [-0.2, -0.15) is 0 Å². The van der Waals surface area contributed by atoms with Crippen LogP contribution in [0.1, 0.15) is 21.7 Å². The second kappa shape index (κ2) is 5.66. The fraction of sp³-hybridized carbons (Fsp3) is 0.118. The molecule has 3 aromatic rings. The predicted molar refractivity (Wildman–Crippen MR) is 83.9 cm³/mol. The highest BCUT2D eigenvalue weighted by Crippen LogP contribution is 2.32. The summed E-state index contributed by atoms with van der Waals surface area (Å²) in [6.45, 7) is 2.04. The van der Waals surface area contributed by atoms with Crippen molar-refractivity contribution in [1.29, 1.82) is 0 Å². The summed E-state index contributed by atoms with van der Waals surface area (Å²) in [6, 6.07) is 15.6. The van der Waals surface area contributed by atoms with Crippen LogP contribution >= 0.6 is 11.8 Å². The van der Waals surface area contributed by atoms with Crippen LogP contribution in [0.15, 0.2) is 57.8 Å². The number of carboxylic acids is 1. The highest BCUT2D eigenvalue weighted by atomic mass is 32.2. The van der Waals surface area contributed by atoms with Gasteiger partial charge in [-0.1, -0.05) is 35.9 Å². The van der Waals surface area contributed by atoms with Crippen molar-refractivity contribution in [3.05, 3.63) is 65.4 Å². The number of furan rings is 1. The summed E-state index contributed by atoms with van der Waals surface area (Å²) in [6.07, 6.45) is 0. The molecule has 0 saturated carbocycles. The molecule has 1 aromatic heterocycles. The molecular formula is C17H14O3S. The topological polar surface area (TPSA) is 50.4 Å². The number of aryl methyl sites for hydroxylation is 1. The van der Waals surface area contributed by atoms with Gasteiger partial charge in [0, 0.05) is 21.6 Å².